The fourth-order valence-corrected chi connectivity index (χ4v) is 4.07. The fourth-order valence-electron chi connectivity index (χ4n) is 4.07. The molecule has 36 heavy (non-hydrogen) atoms. The standard InChI is InChI=1S/C27H27N3O6/c1-18(31)30-14-4-5-20(30)17-35-21-9-11-22(12-10-21)36-26-13-8-19(16-28-26)15-25(32)29-24-7-3-2-6-23(24)27(33)34/h2-3,6-13,16,20H,4-5,14-15,17H2,1H3,(H,29,32)(H,33,34)/t20-/m1/s1. The first-order chi connectivity index (χ1) is 17.4. The van der Waals surface area contributed by atoms with Crippen molar-refractivity contribution in [2.75, 3.05) is 18.5 Å². The van der Waals surface area contributed by atoms with Gasteiger partial charge >= 0.3 is 5.97 Å². The van der Waals surface area contributed by atoms with Gasteiger partial charge in [-0.3, -0.25) is 9.59 Å². The Hall–Kier alpha value is -4.40. The Morgan fingerprint density at radius 3 is 2.50 bits per heavy atom. The Labute approximate surface area is 208 Å². The molecule has 2 aromatic carbocycles. The van der Waals surface area contributed by atoms with Crippen LogP contribution in [0.25, 0.3) is 0 Å². The summed E-state index contributed by atoms with van der Waals surface area (Å²) in [6.07, 6.45) is 3.52. The highest BCUT2D eigenvalue weighted by atomic mass is 16.5. The van der Waals surface area contributed by atoms with Gasteiger partial charge in [0, 0.05) is 25.7 Å². The second kappa shape index (κ2) is 11.4. The van der Waals surface area contributed by atoms with Crippen LogP contribution in [0, 0.1) is 0 Å². The number of carbonyl (C=O) groups is 3. The predicted octanol–water partition coefficient (Wildman–Crippen LogP) is 4.14. The van der Waals surface area contributed by atoms with Crippen LogP contribution < -0.4 is 14.8 Å². The summed E-state index contributed by atoms with van der Waals surface area (Å²) < 4.78 is 11.6. The van der Waals surface area contributed by atoms with Gasteiger partial charge in [0.05, 0.1) is 23.7 Å². The molecule has 0 saturated carbocycles. The number of amides is 2. The van der Waals surface area contributed by atoms with Crippen molar-refractivity contribution >= 4 is 23.5 Å². The third-order valence-electron chi connectivity index (χ3n) is 5.86. The first-order valence-electron chi connectivity index (χ1n) is 11.6. The molecule has 1 atom stereocenters. The van der Waals surface area contributed by atoms with Crippen LogP contribution in [0.1, 0.15) is 35.7 Å². The Bertz CT molecular complexity index is 1230. The molecular formula is C27H27N3O6. The summed E-state index contributed by atoms with van der Waals surface area (Å²) in [4.78, 5) is 41.4. The molecular weight excluding hydrogens is 462 g/mol. The number of para-hydroxylation sites is 1. The first-order valence-corrected chi connectivity index (χ1v) is 11.6. The van der Waals surface area contributed by atoms with Crippen molar-refractivity contribution in [1.82, 2.24) is 9.88 Å². The van der Waals surface area contributed by atoms with Gasteiger partial charge in [-0.15, -0.1) is 0 Å². The van der Waals surface area contributed by atoms with E-state index < -0.39 is 5.97 Å². The van der Waals surface area contributed by atoms with Gasteiger partial charge in [0.25, 0.3) is 0 Å². The molecule has 0 radical (unpaired) electrons. The first kappa shape index (κ1) is 24.7. The number of carbonyl (C=O) groups excluding carboxylic acids is 2. The van der Waals surface area contributed by atoms with E-state index in [0.717, 1.165) is 19.4 Å². The number of hydrogen-bond acceptors (Lipinski definition) is 6. The summed E-state index contributed by atoms with van der Waals surface area (Å²) in [5.41, 5.74) is 0.929. The number of hydrogen-bond donors (Lipinski definition) is 2. The van der Waals surface area contributed by atoms with Gasteiger partial charge in [0.1, 0.15) is 18.1 Å². The maximum absolute atomic E-state index is 12.4. The number of aromatic nitrogens is 1. The zero-order valence-electron chi connectivity index (χ0n) is 19.8. The summed E-state index contributed by atoms with van der Waals surface area (Å²) >= 11 is 0. The molecule has 1 fully saturated rings. The van der Waals surface area contributed by atoms with Crippen molar-refractivity contribution in [3.8, 4) is 17.4 Å². The van der Waals surface area contributed by atoms with Crippen LogP contribution in [0.2, 0.25) is 0 Å². The molecule has 2 heterocycles. The summed E-state index contributed by atoms with van der Waals surface area (Å²) in [6, 6.07) is 16.9. The van der Waals surface area contributed by atoms with E-state index in [1.165, 1.54) is 12.3 Å². The number of nitrogens with one attached hydrogen (secondary N) is 1. The number of benzene rings is 2. The minimum Gasteiger partial charge on any atom is -0.491 e. The van der Waals surface area contributed by atoms with Crippen LogP contribution in [0.4, 0.5) is 5.69 Å². The maximum Gasteiger partial charge on any atom is 0.337 e. The molecule has 1 aliphatic heterocycles. The number of pyridine rings is 1. The minimum atomic E-state index is -1.11. The normalized spacial score (nSPS) is 14.8. The molecule has 1 aliphatic rings. The van der Waals surface area contributed by atoms with Gasteiger partial charge in [-0.25, -0.2) is 9.78 Å². The van der Waals surface area contributed by atoms with E-state index in [1.54, 1.807) is 61.5 Å². The van der Waals surface area contributed by atoms with Crippen LogP contribution in [-0.2, 0) is 16.0 Å². The number of carboxylic acid groups (broad SMARTS) is 1. The number of nitrogens with zero attached hydrogens (tertiary/aromatic N) is 2. The van der Waals surface area contributed by atoms with E-state index in [1.807, 2.05) is 4.90 Å². The number of likely N-dealkylation sites (tertiary alicyclic amines) is 1. The van der Waals surface area contributed by atoms with E-state index in [-0.39, 0.29) is 35.5 Å². The molecule has 2 N–H and O–H groups in total. The summed E-state index contributed by atoms with van der Waals surface area (Å²) in [6.45, 7) is 2.82. The number of carboxylic acids is 1. The van der Waals surface area contributed by atoms with Crippen molar-refractivity contribution in [3.05, 3.63) is 78.0 Å². The van der Waals surface area contributed by atoms with Gasteiger partial charge in [-0.1, -0.05) is 18.2 Å². The second-order valence-electron chi connectivity index (χ2n) is 8.47. The van der Waals surface area contributed by atoms with Gasteiger partial charge in [-0.05, 0) is 54.8 Å². The van der Waals surface area contributed by atoms with Crippen LogP contribution >= 0.6 is 0 Å². The Kier molecular flexibility index (Phi) is 7.79. The SMILES string of the molecule is CC(=O)N1CCC[C@@H]1COc1ccc(Oc2ccc(CC(=O)Nc3ccccc3C(=O)O)cn2)cc1. The van der Waals surface area contributed by atoms with E-state index in [2.05, 4.69) is 10.3 Å². The largest absolute Gasteiger partial charge is 0.491 e. The van der Waals surface area contributed by atoms with E-state index in [9.17, 15) is 19.5 Å². The van der Waals surface area contributed by atoms with Gasteiger partial charge in [0.15, 0.2) is 0 Å². The summed E-state index contributed by atoms with van der Waals surface area (Å²) in [5.74, 6) is 0.258. The lowest BCUT2D eigenvalue weighted by atomic mass is 10.1. The molecule has 2 amide bonds. The van der Waals surface area contributed by atoms with Gasteiger partial charge in [0.2, 0.25) is 17.7 Å². The Morgan fingerprint density at radius 1 is 1.06 bits per heavy atom. The third-order valence-corrected chi connectivity index (χ3v) is 5.86. The maximum atomic E-state index is 12.4. The molecule has 0 spiro atoms. The van der Waals surface area contributed by atoms with E-state index >= 15 is 0 Å². The van der Waals surface area contributed by atoms with Crippen molar-refractivity contribution in [3.63, 3.8) is 0 Å². The molecule has 1 saturated heterocycles. The molecule has 9 heteroatoms. The number of ether oxygens (including phenoxy) is 2. The highest BCUT2D eigenvalue weighted by Crippen LogP contribution is 2.24. The molecule has 1 aromatic heterocycles. The van der Waals surface area contributed by atoms with Crippen molar-refractivity contribution < 1.29 is 29.0 Å². The van der Waals surface area contributed by atoms with Crippen LogP contribution in [0.15, 0.2) is 66.9 Å². The molecule has 186 valence electrons. The van der Waals surface area contributed by atoms with Crippen molar-refractivity contribution in [1.29, 1.82) is 0 Å². The summed E-state index contributed by atoms with van der Waals surface area (Å²) in [5, 5.41) is 11.9. The smallest absolute Gasteiger partial charge is 0.337 e. The third kappa shape index (κ3) is 6.38. The number of anilines is 1. The second-order valence-corrected chi connectivity index (χ2v) is 8.47. The molecule has 0 unspecified atom stereocenters. The predicted molar refractivity (Wildman–Crippen MR) is 132 cm³/mol. The lowest BCUT2D eigenvalue weighted by Gasteiger charge is -2.23. The average Bonchev–Trinajstić information content (AvgIpc) is 3.34. The zero-order valence-corrected chi connectivity index (χ0v) is 19.8. The van der Waals surface area contributed by atoms with Crippen molar-refractivity contribution in [2.45, 2.75) is 32.2 Å². The van der Waals surface area contributed by atoms with Gasteiger partial charge in [-0.2, -0.15) is 0 Å². The number of rotatable bonds is 9. The minimum absolute atomic E-state index is 0.0284. The summed E-state index contributed by atoms with van der Waals surface area (Å²) in [7, 11) is 0. The fraction of sp³-hybridized carbons (Fsp3) is 0.259. The van der Waals surface area contributed by atoms with Crippen LogP contribution in [-0.4, -0.2) is 52.0 Å². The van der Waals surface area contributed by atoms with Crippen LogP contribution in [0.5, 0.6) is 17.4 Å². The molecule has 4 rings (SSSR count). The topological polar surface area (TPSA) is 118 Å². The van der Waals surface area contributed by atoms with E-state index in [4.69, 9.17) is 9.47 Å². The Balaban J connectivity index is 1.27. The zero-order chi connectivity index (χ0) is 25.5. The van der Waals surface area contributed by atoms with Crippen molar-refractivity contribution in [2.24, 2.45) is 0 Å². The Morgan fingerprint density at radius 2 is 1.81 bits per heavy atom. The molecule has 9 nitrogen and oxygen atoms in total. The van der Waals surface area contributed by atoms with E-state index in [0.29, 0.717) is 29.5 Å². The molecule has 3 aromatic rings. The molecule has 0 bridgehead atoms. The highest BCUT2D eigenvalue weighted by Gasteiger charge is 2.26. The lowest BCUT2D eigenvalue weighted by molar-refractivity contribution is -0.130. The highest BCUT2D eigenvalue weighted by molar-refractivity contribution is 6.00. The van der Waals surface area contributed by atoms with Crippen LogP contribution in [0.3, 0.4) is 0 Å². The number of aromatic carboxylic acids is 1. The average molecular weight is 490 g/mol. The van der Waals surface area contributed by atoms with Gasteiger partial charge < -0.3 is 24.8 Å². The lowest BCUT2D eigenvalue weighted by Crippen LogP contribution is -2.37. The quantitative estimate of drug-likeness (QED) is 0.464. The monoisotopic (exact) mass is 489 g/mol. The molecule has 0 aliphatic carbocycles.